The van der Waals surface area contributed by atoms with Crippen molar-refractivity contribution in [3.05, 3.63) is 35.4 Å². The molecule has 0 aromatic carbocycles. The number of carboxylic acids is 1. The quantitative estimate of drug-likeness (QED) is 0.926. The van der Waals surface area contributed by atoms with E-state index in [2.05, 4.69) is 15.0 Å². The predicted molar refractivity (Wildman–Crippen MR) is 78.2 cm³/mol. The molecule has 2 heterocycles. The van der Waals surface area contributed by atoms with Crippen molar-refractivity contribution in [3.63, 3.8) is 0 Å². The van der Waals surface area contributed by atoms with Crippen LogP contribution in [0.5, 0.6) is 0 Å². The Morgan fingerprint density at radius 2 is 2.23 bits per heavy atom. The van der Waals surface area contributed by atoms with E-state index in [-0.39, 0.29) is 6.54 Å². The number of nitrogens with zero attached hydrogens (tertiary/aromatic N) is 4. The lowest BCUT2D eigenvalue weighted by Crippen LogP contribution is -2.27. The fraction of sp³-hybridized carbons (Fsp3) is 0.333. The SMILES string of the molecule is CN(CC(=O)O)c1nc(-c2cc(F)ccn2)nc2c1CCC2. The number of rotatable bonds is 4. The molecule has 0 radical (unpaired) electrons. The van der Waals surface area contributed by atoms with Crippen LogP contribution < -0.4 is 4.90 Å². The summed E-state index contributed by atoms with van der Waals surface area (Å²) in [6.45, 7) is -0.153. The molecule has 0 atom stereocenters. The second kappa shape index (κ2) is 5.67. The highest BCUT2D eigenvalue weighted by molar-refractivity contribution is 5.74. The summed E-state index contributed by atoms with van der Waals surface area (Å²) in [7, 11) is 1.68. The molecule has 0 amide bonds. The molecule has 1 N–H and O–H groups in total. The van der Waals surface area contributed by atoms with Gasteiger partial charge in [0, 0.05) is 30.6 Å². The zero-order valence-electron chi connectivity index (χ0n) is 12.1. The van der Waals surface area contributed by atoms with Crippen LogP contribution in [-0.2, 0) is 17.6 Å². The Bertz CT molecular complexity index is 735. The van der Waals surface area contributed by atoms with Gasteiger partial charge in [0.2, 0.25) is 0 Å². The van der Waals surface area contributed by atoms with E-state index in [1.165, 1.54) is 18.3 Å². The standard InChI is InChI=1S/C15H15FN4O2/c1-20(8-13(21)22)15-10-3-2-4-11(10)18-14(19-15)12-7-9(16)5-6-17-12/h5-7H,2-4,8H2,1H3,(H,21,22). The molecule has 0 unspecified atom stereocenters. The molecule has 2 aromatic rings. The molecule has 0 spiro atoms. The van der Waals surface area contributed by atoms with Gasteiger partial charge in [-0.3, -0.25) is 9.78 Å². The van der Waals surface area contributed by atoms with Gasteiger partial charge in [-0.2, -0.15) is 0 Å². The molecule has 0 bridgehead atoms. The van der Waals surface area contributed by atoms with Gasteiger partial charge >= 0.3 is 5.97 Å². The number of likely N-dealkylation sites (N-methyl/N-ethyl adjacent to an activating group) is 1. The maximum atomic E-state index is 13.4. The van der Waals surface area contributed by atoms with Gasteiger partial charge in [0.15, 0.2) is 5.82 Å². The van der Waals surface area contributed by atoms with E-state index >= 15 is 0 Å². The van der Waals surface area contributed by atoms with Crippen molar-refractivity contribution in [1.29, 1.82) is 0 Å². The number of aryl methyl sites for hydroxylation is 1. The Hall–Kier alpha value is -2.57. The fourth-order valence-electron chi connectivity index (χ4n) is 2.65. The van der Waals surface area contributed by atoms with Crippen molar-refractivity contribution in [2.75, 3.05) is 18.5 Å². The number of carboxylic acid groups (broad SMARTS) is 1. The summed E-state index contributed by atoms with van der Waals surface area (Å²) in [5.41, 5.74) is 2.21. The minimum Gasteiger partial charge on any atom is -0.480 e. The lowest BCUT2D eigenvalue weighted by molar-refractivity contribution is -0.135. The van der Waals surface area contributed by atoms with Crippen LogP contribution in [0.2, 0.25) is 0 Å². The molecule has 0 aliphatic heterocycles. The first-order valence-corrected chi connectivity index (χ1v) is 6.99. The Balaban J connectivity index is 2.08. The van der Waals surface area contributed by atoms with Crippen molar-refractivity contribution in [2.45, 2.75) is 19.3 Å². The average molecular weight is 302 g/mol. The Kier molecular flexibility index (Phi) is 3.70. The van der Waals surface area contributed by atoms with Crippen molar-refractivity contribution < 1.29 is 14.3 Å². The van der Waals surface area contributed by atoms with Gasteiger partial charge in [-0.15, -0.1) is 0 Å². The highest BCUT2D eigenvalue weighted by Gasteiger charge is 2.23. The van der Waals surface area contributed by atoms with E-state index in [9.17, 15) is 9.18 Å². The molecule has 1 aliphatic rings. The first-order chi connectivity index (χ1) is 10.5. The third-order valence-electron chi connectivity index (χ3n) is 3.60. The summed E-state index contributed by atoms with van der Waals surface area (Å²) in [6.07, 6.45) is 3.96. The number of hydrogen-bond donors (Lipinski definition) is 1. The number of anilines is 1. The first kappa shape index (κ1) is 14.4. The minimum absolute atomic E-state index is 0.153. The molecule has 22 heavy (non-hydrogen) atoms. The largest absolute Gasteiger partial charge is 0.480 e. The zero-order valence-corrected chi connectivity index (χ0v) is 12.1. The summed E-state index contributed by atoms with van der Waals surface area (Å²) in [5, 5.41) is 8.97. The van der Waals surface area contributed by atoms with E-state index in [1.807, 2.05) is 0 Å². The number of fused-ring (bicyclic) bond motifs is 1. The number of halogens is 1. The Labute approximate surface area is 126 Å². The van der Waals surface area contributed by atoms with E-state index in [0.29, 0.717) is 17.3 Å². The van der Waals surface area contributed by atoms with Gasteiger partial charge in [0.05, 0.1) is 0 Å². The second-order valence-electron chi connectivity index (χ2n) is 5.26. The minimum atomic E-state index is -0.932. The molecule has 1 aliphatic carbocycles. The Morgan fingerprint density at radius 1 is 1.41 bits per heavy atom. The highest BCUT2D eigenvalue weighted by atomic mass is 19.1. The molecule has 0 saturated heterocycles. The van der Waals surface area contributed by atoms with Gasteiger partial charge in [-0.25, -0.2) is 14.4 Å². The molecule has 2 aromatic heterocycles. The first-order valence-electron chi connectivity index (χ1n) is 6.99. The fourth-order valence-corrected chi connectivity index (χ4v) is 2.65. The number of carbonyl (C=O) groups is 1. The van der Waals surface area contributed by atoms with Crippen molar-refractivity contribution >= 4 is 11.8 Å². The van der Waals surface area contributed by atoms with Crippen molar-refractivity contribution in [2.24, 2.45) is 0 Å². The van der Waals surface area contributed by atoms with Gasteiger partial charge in [0.1, 0.15) is 23.9 Å². The van der Waals surface area contributed by atoms with Crippen molar-refractivity contribution in [1.82, 2.24) is 15.0 Å². The van der Waals surface area contributed by atoms with Crippen LogP contribution in [0.4, 0.5) is 10.2 Å². The van der Waals surface area contributed by atoms with Crippen LogP contribution >= 0.6 is 0 Å². The molecule has 3 rings (SSSR count). The third-order valence-corrected chi connectivity index (χ3v) is 3.60. The third kappa shape index (κ3) is 2.74. The van der Waals surface area contributed by atoms with Gasteiger partial charge < -0.3 is 10.0 Å². The van der Waals surface area contributed by atoms with Gasteiger partial charge in [-0.1, -0.05) is 0 Å². The lowest BCUT2D eigenvalue weighted by atomic mass is 10.2. The molecule has 7 heteroatoms. The van der Waals surface area contributed by atoms with Gasteiger partial charge in [0.25, 0.3) is 0 Å². The molecule has 114 valence electrons. The van der Waals surface area contributed by atoms with Crippen LogP contribution in [0.15, 0.2) is 18.3 Å². The summed E-state index contributed by atoms with van der Waals surface area (Å²) in [6, 6.07) is 2.53. The summed E-state index contributed by atoms with van der Waals surface area (Å²) in [4.78, 5) is 25.5. The second-order valence-corrected chi connectivity index (χ2v) is 5.26. The van der Waals surface area contributed by atoms with E-state index < -0.39 is 11.8 Å². The van der Waals surface area contributed by atoms with E-state index in [1.54, 1.807) is 11.9 Å². The number of aliphatic carboxylic acids is 1. The molecule has 0 fully saturated rings. The maximum Gasteiger partial charge on any atom is 0.323 e. The molecular weight excluding hydrogens is 287 g/mol. The topological polar surface area (TPSA) is 79.2 Å². The number of hydrogen-bond acceptors (Lipinski definition) is 5. The highest BCUT2D eigenvalue weighted by Crippen LogP contribution is 2.30. The van der Waals surface area contributed by atoms with Crippen LogP contribution in [-0.4, -0.2) is 39.6 Å². The van der Waals surface area contributed by atoms with Crippen LogP contribution in [0, 0.1) is 5.82 Å². The maximum absolute atomic E-state index is 13.4. The van der Waals surface area contributed by atoms with Crippen LogP contribution in [0.25, 0.3) is 11.5 Å². The van der Waals surface area contributed by atoms with E-state index in [4.69, 9.17) is 5.11 Å². The van der Waals surface area contributed by atoms with Crippen molar-refractivity contribution in [3.8, 4) is 11.5 Å². The zero-order chi connectivity index (χ0) is 15.7. The van der Waals surface area contributed by atoms with Crippen LogP contribution in [0.1, 0.15) is 17.7 Å². The normalized spacial score (nSPS) is 13.0. The summed E-state index contributed by atoms with van der Waals surface area (Å²) < 4.78 is 13.4. The Morgan fingerprint density at radius 3 is 2.95 bits per heavy atom. The molecular formula is C15H15FN4O2. The monoisotopic (exact) mass is 302 g/mol. The summed E-state index contributed by atoms with van der Waals surface area (Å²) in [5.74, 6) is -0.425. The van der Waals surface area contributed by atoms with E-state index in [0.717, 1.165) is 30.5 Å². The molecule has 0 saturated carbocycles. The number of aromatic nitrogens is 3. The molecule has 6 nitrogen and oxygen atoms in total. The average Bonchev–Trinajstić information content (AvgIpc) is 2.93. The predicted octanol–water partition coefficient (Wildman–Crippen LogP) is 1.69. The van der Waals surface area contributed by atoms with Crippen LogP contribution in [0.3, 0.4) is 0 Å². The number of pyridine rings is 1. The smallest absolute Gasteiger partial charge is 0.323 e. The summed E-state index contributed by atoms with van der Waals surface area (Å²) >= 11 is 0. The van der Waals surface area contributed by atoms with Gasteiger partial charge in [-0.05, 0) is 25.3 Å². The lowest BCUT2D eigenvalue weighted by Gasteiger charge is -2.19.